The largest absolute Gasteiger partial charge is 0.479 e. The van der Waals surface area contributed by atoms with Gasteiger partial charge in [0.1, 0.15) is 0 Å². The van der Waals surface area contributed by atoms with Gasteiger partial charge in [-0.15, -0.1) is 0 Å². The van der Waals surface area contributed by atoms with E-state index >= 15 is 0 Å². The number of alkyl halides is 1. The minimum atomic E-state index is -1.19. The molecule has 1 aromatic rings. The fourth-order valence-electron chi connectivity index (χ4n) is 2.29. The van der Waals surface area contributed by atoms with Gasteiger partial charge in [0.2, 0.25) is 0 Å². The molecular weight excluding hydrogens is 222 g/mol. The van der Waals surface area contributed by atoms with Gasteiger partial charge in [0.05, 0.1) is 0 Å². The number of benzene rings is 1. The van der Waals surface area contributed by atoms with Crippen LogP contribution < -0.4 is 4.74 Å². The van der Waals surface area contributed by atoms with Crippen LogP contribution in [-0.2, 0) is 0 Å². The molecule has 0 N–H and O–H groups in total. The van der Waals surface area contributed by atoms with E-state index in [1.165, 1.54) is 0 Å². The van der Waals surface area contributed by atoms with E-state index in [0.717, 1.165) is 5.57 Å². The standard InChI is InChI=1S/C14H12F2O/c1-7-3-5-9-10-6-4-8(2)12(16)14(10)17-13(9)11(7)15/h3-6,11,13H,1-2H3. The predicted molar refractivity (Wildman–Crippen MR) is 62.2 cm³/mol. The average molecular weight is 234 g/mol. The highest BCUT2D eigenvalue weighted by molar-refractivity contribution is 5.80. The Labute approximate surface area is 98.4 Å². The van der Waals surface area contributed by atoms with E-state index in [1.54, 1.807) is 32.1 Å². The van der Waals surface area contributed by atoms with E-state index in [0.29, 0.717) is 16.7 Å². The second-order valence-corrected chi connectivity index (χ2v) is 4.55. The van der Waals surface area contributed by atoms with Crippen molar-refractivity contribution in [1.82, 2.24) is 0 Å². The normalized spacial score (nSPS) is 25.6. The molecule has 3 rings (SSSR count). The summed E-state index contributed by atoms with van der Waals surface area (Å²) in [5.74, 6) is -0.199. The van der Waals surface area contributed by atoms with Gasteiger partial charge in [-0.25, -0.2) is 8.78 Å². The molecule has 1 heterocycles. The fraction of sp³-hybridized carbons (Fsp3) is 0.286. The van der Waals surface area contributed by atoms with Crippen LogP contribution in [-0.4, -0.2) is 12.3 Å². The van der Waals surface area contributed by atoms with Crippen LogP contribution in [0.25, 0.3) is 5.57 Å². The van der Waals surface area contributed by atoms with Crippen molar-refractivity contribution in [2.75, 3.05) is 0 Å². The van der Waals surface area contributed by atoms with Gasteiger partial charge in [-0.2, -0.15) is 0 Å². The van der Waals surface area contributed by atoms with Crippen molar-refractivity contribution >= 4 is 5.57 Å². The molecule has 0 saturated heterocycles. The molecule has 88 valence electrons. The number of allylic oxidation sites excluding steroid dienone is 2. The third-order valence-electron chi connectivity index (χ3n) is 3.38. The van der Waals surface area contributed by atoms with Crippen molar-refractivity contribution in [2.24, 2.45) is 0 Å². The minimum absolute atomic E-state index is 0.187. The van der Waals surface area contributed by atoms with E-state index in [9.17, 15) is 8.78 Å². The summed E-state index contributed by atoms with van der Waals surface area (Å²) in [6, 6.07) is 3.49. The molecule has 0 spiro atoms. The van der Waals surface area contributed by atoms with Gasteiger partial charge in [-0.3, -0.25) is 0 Å². The minimum Gasteiger partial charge on any atom is -0.479 e. The highest BCUT2D eigenvalue weighted by Crippen LogP contribution is 2.44. The quantitative estimate of drug-likeness (QED) is 0.666. The van der Waals surface area contributed by atoms with Gasteiger partial charge in [0.15, 0.2) is 23.8 Å². The summed E-state index contributed by atoms with van der Waals surface area (Å²) in [5, 5.41) is 0. The lowest BCUT2D eigenvalue weighted by Crippen LogP contribution is -2.28. The second kappa shape index (κ2) is 3.42. The highest BCUT2D eigenvalue weighted by Gasteiger charge is 2.39. The van der Waals surface area contributed by atoms with E-state index < -0.39 is 12.3 Å². The van der Waals surface area contributed by atoms with Gasteiger partial charge in [0, 0.05) is 11.1 Å². The second-order valence-electron chi connectivity index (χ2n) is 4.55. The Kier molecular flexibility index (Phi) is 2.12. The number of fused-ring (bicyclic) bond motifs is 3. The molecule has 1 aliphatic carbocycles. The lowest BCUT2D eigenvalue weighted by Gasteiger charge is -2.21. The first-order valence-electron chi connectivity index (χ1n) is 5.58. The van der Waals surface area contributed by atoms with Gasteiger partial charge in [-0.05, 0) is 25.0 Å². The van der Waals surface area contributed by atoms with Crippen molar-refractivity contribution in [2.45, 2.75) is 26.1 Å². The molecular formula is C14H12F2O. The molecule has 0 saturated carbocycles. The Balaban J connectivity index is 2.17. The van der Waals surface area contributed by atoms with E-state index in [1.807, 2.05) is 6.08 Å². The van der Waals surface area contributed by atoms with E-state index in [4.69, 9.17) is 4.74 Å². The number of ether oxygens (including phenoxy) is 1. The van der Waals surface area contributed by atoms with Crippen LogP contribution in [0.2, 0.25) is 0 Å². The maximum Gasteiger partial charge on any atom is 0.168 e. The maximum absolute atomic E-state index is 14.0. The number of rotatable bonds is 0. The van der Waals surface area contributed by atoms with Gasteiger partial charge in [0.25, 0.3) is 0 Å². The van der Waals surface area contributed by atoms with Gasteiger partial charge < -0.3 is 4.74 Å². The van der Waals surface area contributed by atoms with Gasteiger partial charge >= 0.3 is 0 Å². The zero-order chi connectivity index (χ0) is 12.2. The third-order valence-corrected chi connectivity index (χ3v) is 3.38. The van der Waals surface area contributed by atoms with Gasteiger partial charge in [-0.1, -0.05) is 24.3 Å². The number of hydrogen-bond donors (Lipinski definition) is 0. The van der Waals surface area contributed by atoms with Crippen molar-refractivity contribution < 1.29 is 13.5 Å². The van der Waals surface area contributed by atoms with Crippen LogP contribution in [0.1, 0.15) is 18.1 Å². The Morgan fingerprint density at radius 2 is 1.94 bits per heavy atom. The van der Waals surface area contributed by atoms with E-state index in [-0.39, 0.29) is 11.6 Å². The lowest BCUT2D eigenvalue weighted by molar-refractivity contribution is 0.172. The Hall–Kier alpha value is -1.64. The first kappa shape index (κ1) is 10.5. The van der Waals surface area contributed by atoms with Crippen LogP contribution in [0.5, 0.6) is 5.75 Å². The van der Waals surface area contributed by atoms with Crippen LogP contribution in [0.3, 0.4) is 0 Å². The fourth-order valence-corrected chi connectivity index (χ4v) is 2.29. The highest BCUT2D eigenvalue weighted by atomic mass is 19.1. The zero-order valence-electron chi connectivity index (χ0n) is 9.63. The van der Waals surface area contributed by atoms with Crippen LogP contribution in [0.15, 0.2) is 29.9 Å². The monoisotopic (exact) mass is 234 g/mol. The SMILES string of the molecule is CC1=CC=C2c3ccc(C)c(F)c3OC2C1F. The molecule has 0 aromatic heterocycles. The van der Waals surface area contributed by atoms with Crippen LogP contribution in [0.4, 0.5) is 8.78 Å². The van der Waals surface area contributed by atoms with Crippen molar-refractivity contribution in [3.63, 3.8) is 0 Å². The van der Waals surface area contributed by atoms with E-state index in [2.05, 4.69) is 0 Å². The third kappa shape index (κ3) is 1.35. The van der Waals surface area contributed by atoms with Crippen molar-refractivity contribution in [3.8, 4) is 5.75 Å². The van der Waals surface area contributed by atoms with Crippen LogP contribution >= 0.6 is 0 Å². The summed E-state index contributed by atoms with van der Waals surface area (Å²) in [6.45, 7) is 3.39. The summed E-state index contributed by atoms with van der Waals surface area (Å²) >= 11 is 0. The molecule has 1 nitrogen and oxygen atoms in total. The lowest BCUT2D eigenvalue weighted by atomic mass is 9.91. The molecule has 2 atom stereocenters. The van der Waals surface area contributed by atoms with Crippen molar-refractivity contribution in [3.05, 3.63) is 46.8 Å². The first-order chi connectivity index (χ1) is 8.09. The Morgan fingerprint density at radius 3 is 2.71 bits per heavy atom. The molecule has 0 bridgehead atoms. The summed E-state index contributed by atoms with van der Waals surface area (Å²) < 4.78 is 33.3. The first-order valence-corrected chi connectivity index (χ1v) is 5.58. The summed E-state index contributed by atoms with van der Waals surface area (Å²) in [6.07, 6.45) is 1.66. The Morgan fingerprint density at radius 1 is 1.18 bits per heavy atom. The molecule has 0 amide bonds. The molecule has 0 radical (unpaired) electrons. The average Bonchev–Trinajstić information content (AvgIpc) is 2.69. The molecule has 1 aromatic carbocycles. The smallest absolute Gasteiger partial charge is 0.168 e. The molecule has 2 unspecified atom stereocenters. The predicted octanol–water partition coefficient (Wildman–Crippen LogP) is 3.58. The molecule has 0 fully saturated rings. The maximum atomic E-state index is 14.0. The molecule has 3 heteroatoms. The summed E-state index contributed by atoms with van der Waals surface area (Å²) in [4.78, 5) is 0. The summed E-state index contributed by atoms with van der Waals surface area (Å²) in [7, 11) is 0. The molecule has 1 aliphatic heterocycles. The van der Waals surface area contributed by atoms with Crippen LogP contribution in [0, 0.1) is 12.7 Å². The number of aryl methyl sites for hydroxylation is 1. The number of hydrogen-bond acceptors (Lipinski definition) is 1. The summed E-state index contributed by atoms with van der Waals surface area (Å²) in [5.41, 5.74) is 2.54. The number of halogens is 2. The zero-order valence-corrected chi connectivity index (χ0v) is 9.63. The van der Waals surface area contributed by atoms with Crippen molar-refractivity contribution in [1.29, 1.82) is 0 Å². The Bertz CT molecular complexity index is 558. The molecule has 17 heavy (non-hydrogen) atoms. The molecule has 2 aliphatic rings. The topological polar surface area (TPSA) is 9.23 Å².